The van der Waals surface area contributed by atoms with Crippen molar-refractivity contribution >= 4 is 6.09 Å². The van der Waals surface area contributed by atoms with Crippen LogP contribution >= 0.6 is 0 Å². The Hall–Kier alpha value is -0.730. The van der Waals surface area contributed by atoms with Crippen molar-refractivity contribution in [3.63, 3.8) is 0 Å². The molecule has 0 radical (unpaired) electrons. The van der Waals surface area contributed by atoms with E-state index in [1.54, 1.807) is 0 Å². The zero-order valence-electron chi connectivity index (χ0n) is 6.51. The van der Waals surface area contributed by atoms with E-state index in [9.17, 15) is 4.79 Å². The fourth-order valence-electron chi connectivity index (χ4n) is 1.70. The highest BCUT2D eigenvalue weighted by molar-refractivity contribution is 5.68. The Balaban J connectivity index is 1.87. The van der Waals surface area contributed by atoms with E-state index >= 15 is 0 Å². The molecule has 1 aliphatic heterocycles. The van der Waals surface area contributed by atoms with Crippen LogP contribution in [0.15, 0.2) is 0 Å². The van der Waals surface area contributed by atoms with Gasteiger partial charge >= 0.3 is 6.09 Å². The van der Waals surface area contributed by atoms with Gasteiger partial charge in [0.1, 0.15) is 6.10 Å². The van der Waals surface area contributed by atoms with Crippen molar-refractivity contribution in [1.82, 2.24) is 5.32 Å². The van der Waals surface area contributed by atoms with E-state index in [0.717, 1.165) is 13.0 Å². The molecule has 0 aromatic rings. The highest BCUT2D eigenvalue weighted by Crippen LogP contribution is 2.33. The lowest BCUT2D eigenvalue weighted by Gasteiger charge is -2.35. The van der Waals surface area contributed by atoms with Crippen molar-refractivity contribution < 1.29 is 9.53 Å². The van der Waals surface area contributed by atoms with E-state index in [1.807, 2.05) is 0 Å². The first-order valence-corrected chi connectivity index (χ1v) is 4.31. The summed E-state index contributed by atoms with van der Waals surface area (Å²) < 4.78 is 5.14. The number of hydrogen-bond acceptors (Lipinski definition) is 2. The summed E-state index contributed by atoms with van der Waals surface area (Å²) in [4.78, 5) is 10.8. The van der Waals surface area contributed by atoms with E-state index in [4.69, 9.17) is 4.74 Å². The molecule has 1 saturated heterocycles. The van der Waals surface area contributed by atoms with E-state index in [-0.39, 0.29) is 12.2 Å². The summed E-state index contributed by atoms with van der Waals surface area (Å²) in [7, 11) is 0. The third-order valence-corrected chi connectivity index (χ3v) is 2.63. The molecule has 1 heterocycles. The van der Waals surface area contributed by atoms with Crippen molar-refractivity contribution in [2.45, 2.75) is 31.8 Å². The smallest absolute Gasteiger partial charge is 0.407 e. The molecule has 1 amide bonds. The van der Waals surface area contributed by atoms with Gasteiger partial charge in [0.05, 0.1) is 0 Å². The van der Waals surface area contributed by atoms with Gasteiger partial charge in [0.15, 0.2) is 0 Å². The quantitative estimate of drug-likeness (QED) is 0.619. The second-order valence-corrected chi connectivity index (χ2v) is 3.35. The molecule has 1 atom stereocenters. The van der Waals surface area contributed by atoms with Crippen LogP contribution in [0.1, 0.15) is 25.7 Å². The lowest BCUT2D eigenvalue weighted by atomic mass is 9.80. The summed E-state index contributed by atoms with van der Waals surface area (Å²) in [6.07, 6.45) is 4.80. The fourth-order valence-corrected chi connectivity index (χ4v) is 1.70. The van der Waals surface area contributed by atoms with Crippen LogP contribution in [0.3, 0.4) is 0 Å². The van der Waals surface area contributed by atoms with Gasteiger partial charge in [0, 0.05) is 13.0 Å². The highest BCUT2D eigenvalue weighted by atomic mass is 16.6. The van der Waals surface area contributed by atoms with Crippen LogP contribution in [-0.2, 0) is 4.74 Å². The van der Waals surface area contributed by atoms with E-state index in [1.165, 1.54) is 19.3 Å². The maximum absolute atomic E-state index is 10.8. The molecule has 0 aromatic heterocycles. The van der Waals surface area contributed by atoms with Crippen molar-refractivity contribution in [1.29, 1.82) is 0 Å². The van der Waals surface area contributed by atoms with Gasteiger partial charge in [-0.25, -0.2) is 4.79 Å². The molecule has 11 heavy (non-hydrogen) atoms. The van der Waals surface area contributed by atoms with Crippen molar-refractivity contribution in [2.75, 3.05) is 6.54 Å². The summed E-state index contributed by atoms with van der Waals surface area (Å²) in [6.45, 7) is 0.792. The number of hydrogen-bond donors (Lipinski definition) is 1. The van der Waals surface area contributed by atoms with Crippen molar-refractivity contribution in [3.05, 3.63) is 0 Å². The SMILES string of the molecule is O=C1NCCC(C2CCC2)O1. The molecule has 0 bridgehead atoms. The molecule has 1 unspecified atom stereocenters. The first-order valence-electron chi connectivity index (χ1n) is 4.31. The molecule has 1 saturated carbocycles. The molecular weight excluding hydrogens is 142 g/mol. The zero-order chi connectivity index (χ0) is 7.68. The van der Waals surface area contributed by atoms with Gasteiger partial charge in [-0.2, -0.15) is 0 Å². The molecular formula is C8H13NO2. The summed E-state index contributed by atoms with van der Waals surface area (Å²) in [5.41, 5.74) is 0. The van der Waals surface area contributed by atoms with Crippen LogP contribution in [0, 0.1) is 5.92 Å². The Kier molecular flexibility index (Phi) is 1.72. The average Bonchev–Trinajstić information content (AvgIpc) is 1.83. The predicted molar refractivity (Wildman–Crippen MR) is 40.2 cm³/mol. The van der Waals surface area contributed by atoms with Crippen LogP contribution in [-0.4, -0.2) is 18.7 Å². The maximum Gasteiger partial charge on any atom is 0.407 e. The predicted octanol–water partition coefficient (Wildman–Crippen LogP) is 1.29. The molecule has 3 nitrogen and oxygen atoms in total. The summed E-state index contributed by atoms with van der Waals surface area (Å²) in [5, 5.41) is 2.65. The number of ether oxygens (including phenoxy) is 1. The molecule has 1 N–H and O–H groups in total. The molecule has 3 heteroatoms. The fraction of sp³-hybridized carbons (Fsp3) is 0.875. The van der Waals surface area contributed by atoms with Gasteiger partial charge in [-0.15, -0.1) is 0 Å². The van der Waals surface area contributed by atoms with Gasteiger partial charge in [-0.05, 0) is 18.8 Å². The summed E-state index contributed by atoms with van der Waals surface area (Å²) >= 11 is 0. The minimum Gasteiger partial charge on any atom is -0.446 e. The number of nitrogens with one attached hydrogen (secondary N) is 1. The van der Waals surface area contributed by atoms with Crippen LogP contribution < -0.4 is 5.32 Å². The number of rotatable bonds is 1. The van der Waals surface area contributed by atoms with Crippen LogP contribution in [0.25, 0.3) is 0 Å². The molecule has 2 fully saturated rings. The van der Waals surface area contributed by atoms with E-state index < -0.39 is 0 Å². The number of amides is 1. The van der Waals surface area contributed by atoms with Gasteiger partial charge in [0.25, 0.3) is 0 Å². The molecule has 2 rings (SSSR count). The number of carbonyl (C=O) groups excluding carboxylic acids is 1. The van der Waals surface area contributed by atoms with E-state index in [2.05, 4.69) is 5.32 Å². The Labute approximate surface area is 66.1 Å². The third-order valence-electron chi connectivity index (χ3n) is 2.63. The standard InChI is InChI=1S/C8H13NO2/c10-8-9-5-4-7(11-8)6-2-1-3-6/h6-7H,1-5H2,(H,9,10). The Bertz CT molecular complexity index is 165. The Morgan fingerprint density at radius 1 is 1.36 bits per heavy atom. The number of cyclic esters (lactones) is 1. The largest absolute Gasteiger partial charge is 0.446 e. The monoisotopic (exact) mass is 155 g/mol. The highest BCUT2D eigenvalue weighted by Gasteiger charge is 2.31. The first-order chi connectivity index (χ1) is 5.36. The first kappa shape index (κ1) is 6.95. The lowest BCUT2D eigenvalue weighted by molar-refractivity contribution is 0.0131. The molecule has 0 spiro atoms. The minimum absolute atomic E-state index is 0.220. The topological polar surface area (TPSA) is 38.3 Å². The number of alkyl carbamates (subject to hydrolysis) is 1. The zero-order valence-corrected chi connectivity index (χ0v) is 6.51. The molecule has 1 aliphatic carbocycles. The molecule has 62 valence electrons. The minimum atomic E-state index is -0.229. The van der Waals surface area contributed by atoms with Gasteiger partial charge in [-0.1, -0.05) is 6.42 Å². The second kappa shape index (κ2) is 2.72. The van der Waals surface area contributed by atoms with Gasteiger partial charge < -0.3 is 10.1 Å². The lowest BCUT2D eigenvalue weighted by Crippen LogP contribution is -2.43. The summed E-state index contributed by atoms with van der Waals surface area (Å²) in [6, 6.07) is 0. The van der Waals surface area contributed by atoms with Crippen LogP contribution in [0.4, 0.5) is 4.79 Å². The number of carbonyl (C=O) groups is 1. The van der Waals surface area contributed by atoms with Crippen molar-refractivity contribution in [3.8, 4) is 0 Å². The third kappa shape index (κ3) is 1.32. The Morgan fingerprint density at radius 3 is 2.73 bits per heavy atom. The van der Waals surface area contributed by atoms with Crippen LogP contribution in [0.2, 0.25) is 0 Å². The maximum atomic E-state index is 10.8. The van der Waals surface area contributed by atoms with E-state index in [0.29, 0.717) is 5.92 Å². The summed E-state index contributed by atoms with van der Waals surface area (Å²) in [5.74, 6) is 0.668. The Morgan fingerprint density at radius 2 is 2.18 bits per heavy atom. The molecule has 2 aliphatic rings. The second-order valence-electron chi connectivity index (χ2n) is 3.35. The average molecular weight is 155 g/mol. The normalized spacial score (nSPS) is 32.0. The van der Waals surface area contributed by atoms with Crippen LogP contribution in [0.5, 0.6) is 0 Å². The van der Waals surface area contributed by atoms with Gasteiger partial charge in [-0.3, -0.25) is 0 Å². The van der Waals surface area contributed by atoms with Gasteiger partial charge in [0.2, 0.25) is 0 Å². The molecule has 0 aromatic carbocycles. The van der Waals surface area contributed by atoms with Crippen molar-refractivity contribution in [2.24, 2.45) is 5.92 Å².